The Morgan fingerprint density at radius 3 is 2.43 bits per heavy atom. The molecular formula is C13H20BrN3O3S. The number of hydrogen-bond acceptors (Lipinski definition) is 4. The van der Waals surface area contributed by atoms with Crippen LogP contribution in [0, 0.1) is 0 Å². The van der Waals surface area contributed by atoms with Crippen LogP contribution < -0.4 is 9.62 Å². The van der Waals surface area contributed by atoms with Gasteiger partial charge in [0.1, 0.15) is 6.54 Å². The molecule has 0 heterocycles. The molecule has 0 aliphatic rings. The maximum atomic E-state index is 11.9. The summed E-state index contributed by atoms with van der Waals surface area (Å²) in [6, 6.07) is 6.89. The lowest BCUT2D eigenvalue weighted by molar-refractivity contribution is -0.119. The van der Waals surface area contributed by atoms with Gasteiger partial charge < -0.3 is 10.2 Å². The molecule has 0 bridgehead atoms. The third-order valence-corrected chi connectivity index (χ3v) is 4.49. The summed E-state index contributed by atoms with van der Waals surface area (Å²) in [5.74, 6) is -0.335. The van der Waals surface area contributed by atoms with Crippen LogP contribution in [-0.2, 0) is 14.8 Å². The number of hydrogen-bond donors (Lipinski definition) is 1. The van der Waals surface area contributed by atoms with Gasteiger partial charge in [-0.3, -0.25) is 9.10 Å². The topological polar surface area (TPSA) is 69.7 Å². The van der Waals surface area contributed by atoms with Crippen LogP contribution in [0.2, 0.25) is 0 Å². The third kappa shape index (κ3) is 6.03. The molecule has 0 unspecified atom stereocenters. The Kier molecular flexibility index (Phi) is 6.63. The van der Waals surface area contributed by atoms with E-state index in [2.05, 4.69) is 21.2 Å². The van der Waals surface area contributed by atoms with Crippen LogP contribution in [0.5, 0.6) is 0 Å². The second-order valence-corrected chi connectivity index (χ2v) is 7.64. The van der Waals surface area contributed by atoms with Crippen LogP contribution in [0.25, 0.3) is 0 Å². The number of rotatable bonds is 7. The van der Waals surface area contributed by atoms with Crippen LogP contribution in [-0.4, -0.2) is 59.2 Å². The van der Waals surface area contributed by atoms with E-state index in [1.807, 2.05) is 19.0 Å². The van der Waals surface area contributed by atoms with Crippen molar-refractivity contribution in [2.75, 3.05) is 44.3 Å². The first-order valence-corrected chi connectivity index (χ1v) is 8.99. The number of para-hydroxylation sites is 1. The van der Waals surface area contributed by atoms with Crippen molar-refractivity contribution in [3.8, 4) is 0 Å². The maximum absolute atomic E-state index is 11.9. The Morgan fingerprint density at radius 2 is 1.90 bits per heavy atom. The maximum Gasteiger partial charge on any atom is 0.240 e. The van der Waals surface area contributed by atoms with E-state index in [1.54, 1.807) is 24.3 Å². The molecule has 6 nitrogen and oxygen atoms in total. The van der Waals surface area contributed by atoms with E-state index in [4.69, 9.17) is 0 Å². The van der Waals surface area contributed by atoms with E-state index >= 15 is 0 Å². The Hall–Kier alpha value is -1.12. The number of carbonyl (C=O) groups is 1. The number of nitrogens with zero attached hydrogens (tertiary/aromatic N) is 2. The molecule has 0 saturated heterocycles. The molecule has 0 atom stereocenters. The minimum absolute atomic E-state index is 0.241. The Balaban J connectivity index is 2.82. The van der Waals surface area contributed by atoms with Gasteiger partial charge in [0.15, 0.2) is 0 Å². The van der Waals surface area contributed by atoms with Crippen LogP contribution in [0.15, 0.2) is 28.7 Å². The molecule has 1 aromatic carbocycles. The van der Waals surface area contributed by atoms with Crippen molar-refractivity contribution in [1.29, 1.82) is 0 Å². The number of halogens is 1. The van der Waals surface area contributed by atoms with Crippen molar-refractivity contribution in [3.05, 3.63) is 28.7 Å². The molecule has 0 fully saturated rings. The number of anilines is 1. The first kappa shape index (κ1) is 17.9. The number of likely N-dealkylation sites (N-methyl/N-ethyl adjacent to an activating group) is 1. The third-order valence-electron chi connectivity index (χ3n) is 2.69. The molecule has 1 rings (SSSR count). The zero-order valence-electron chi connectivity index (χ0n) is 12.3. The van der Waals surface area contributed by atoms with Crippen molar-refractivity contribution >= 4 is 37.5 Å². The van der Waals surface area contributed by atoms with Gasteiger partial charge in [-0.05, 0) is 42.2 Å². The highest BCUT2D eigenvalue weighted by molar-refractivity contribution is 9.10. The minimum Gasteiger partial charge on any atom is -0.353 e. The average molecular weight is 378 g/mol. The summed E-state index contributed by atoms with van der Waals surface area (Å²) in [6.07, 6.45) is 1.08. The average Bonchev–Trinajstić information content (AvgIpc) is 2.35. The second-order valence-electron chi connectivity index (χ2n) is 4.87. The summed E-state index contributed by atoms with van der Waals surface area (Å²) in [5.41, 5.74) is 0.447. The zero-order valence-corrected chi connectivity index (χ0v) is 14.7. The first-order chi connectivity index (χ1) is 9.71. The number of amides is 1. The molecule has 1 amide bonds. The van der Waals surface area contributed by atoms with Gasteiger partial charge in [0.25, 0.3) is 0 Å². The molecule has 1 N–H and O–H groups in total. The van der Waals surface area contributed by atoms with Gasteiger partial charge in [0, 0.05) is 17.6 Å². The molecule has 21 heavy (non-hydrogen) atoms. The monoisotopic (exact) mass is 377 g/mol. The van der Waals surface area contributed by atoms with E-state index in [1.165, 1.54) is 0 Å². The van der Waals surface area contributed by atoms with Gasteiger partial charge in [-0.15, -0.1) is 0 Å². The number of carbonyl (C=O) groups excluding carboxylic acids is 1. The fourth-order valence-corrected chi connectivity index (χ4v) is 3.12. The summed E-state index contributed by atoms with van der Waals surface area (Å²) in [6.45, 7) is 0.925. The molecule has 0 aliphatic heterocycles. The normalized spacial score (nSPS) is 11.5. The SMILES string of the molecule is CN(C)CCNC(=O)CN(c1ccccc1Br)S(C)(=O)=O. The van der Waals surface area contributed by atoms with E-state index in [-0.39, 0.29) is 12.5 Å². The summed E-state index contributed by atoms with van der Waals surface area (Å²) in [5, 5.41) is 2.70. The Morgan fingerprint density at radius 1 is 1.29 bits per heavy atom. The summed E-state index contributed by atoms with van der Waals surface area (Å²) >= 11 is 3.31. The minimum atomic E-state index is -3.54. The smallest absolute Gasteiger partial charge is 0.240 e. The quantitative estimate of drug-likeness (QED) is 0.765. The number of benzene rings is 1. The van der Waals surface area contributed by atoms with Gasteiger partial charge in [-0.2, -0.15) is 0 Å². The van der Waals surface area contributed by atoms with Crippen molar-refractivity contribution in [2.45, 2.75) is 0 Å². The highest BCUT2D eigenvalue weighted by Crippen LogP contribution is 2.27. The lowest BCUT2D eigenvalue weighted by Gasteiger charge is -2.23. The van der Waals surface area contributed by atoms with Crippen molar-refractivity contribution in [2.24, 2.45) is 0 Å². The molecule has 118 valence electrons. The zero-order chi connectivity index (χ0) is 16.0. The van der Waals surface area contributed by atoms with Crippen molar-refractivity contribution in [3.63, 3.8) is 0 Å². The van der Waals surface area contributed by atoms with E-state index < -0.39 is 10.0 Å². The first-order valence-electron chi connectivity index (χ1n) is 6.35. The molecule has 0 radical (unpaired) electrons. The van der Waals surface area contributed by atoms with Gasteiger partial charge in [0.05, 0.1) is 11.9 Å². The molecule has 0 aromatic heterocycles. The van der Waals surface area contributed by atoms with Crippen LogP contribution >= 0.6 is 15.9 Å². The molecule has 0 saturated carbocycles. The molecule has 1 aromatic rings. The van der Waals surface area contributed by atoms with E-state index in [9.17, 15) is 13.2 Å². The van der Waals surface area contributed by atoms with Gasteiger partial charge in [-0.1, -0.05) is 12.1 Å². The van der Waals surface area contributed by atoms with Crippen LogP contribution in [0.1, 0.15) is 0 Å². The van der Waals surface area contributed by atoms with E-state index in [0.29, 0.717) is 23.2 Å². The fourth-order valence-electron chi connectivity index (χ4n) is 1.64. The summed E-state index contributed by atoms with van der Waals surface area (Å²) in [7, 11) is 0.253. The molecule has 8 heteroatoms. The fraction of sp³-hybridized carbons (Fsp3) is 0.462. The van der Waals surface area contributed by atoms with Crippen molar-refractivity contribution in [1.82, 2.24) is 10.2 Å². The van der Waals surface area contributed by atoms with Crippen LogP contribution in [0.3, 0.4) is 0 Å². The Bertz CT molecular complexity index is 590. The second kappa shape index (κ2) is 7.77. The summed E-state index contributed by atoms with van der Waals surface area (Å²) < 4.78 is 25.5. The molecule has 0 aliphatic carbocycles. The predicted molar refractivity (Wildman–Crippen MR) is 87.9 cm³/mol. The number of sulfonamides is 1. The molecular weight excluding hydrogens is 358 g/mol. The van der Waals surface area contributed by atoms with Gasteiger partial charge >= 0.3 is 0 Å². The lowest BCUT2D eigenvalue weighted by Crippen LogP contribution is -2.42. The Labute approximate surface area is 134 Å². The van der Waals surface area contributed by atoms with Crippen molar-refractivity contribution < 1.29 is 13.2 Å². The standard InChI is InChI=1S/C13H20BrN3O3S/c1-16(2)9-8-15-13(18)10-17(21(3,19)20)12-7-5-4-6-11(12)14/h4-7H,8-10H2,1-3H3,(H,15,18). The summed E-state index contributed by atoms with van der Waals surface area (Å²) in [4.78, 5) is 13.8. The molecule has 0 spiro atoms. The van der Waals surface area contributed by atoms with E-state index in [0.717, 1.165) is 10.6 Å². The highest BCUT2D eigenvalue weighted by Gasteiger charge is 2.22. The number of nitrogens with one attached hydrogen (secondary N) is 1. The predicted octanol–water partition coefficient (Wildman–Crippen LogP) is 0.893. The lowest BCUT2D eigenvalue weighted by atomic mass is 10.3. The highest BCUT2D eigenvalue weighted by atomic mass is 79.9. The van der Waals surface area contributed by atoms with Crippen LogP contribution in [0.4, 0.5) is 5.69 Å². The van der Waals surface area contributed by atoms with Gasteiger partial charge in [0.2, 0.25) is 15.9 Å². The largest absolute Gasteiger partial charge is 0.353 e. The van der Waals surface area contributed by atoms with Gasteiger partial charge in [-0.25, -0.2) is 8.42 Å².